The van der Waals surface area contributed by atoms with Crippen LogP contribution in [0.2, 0.25) is 5.02 Å². The smallest absolute Gasteiger partial charge is 0.130 e. The van der Waals surface area contributed by atoms with Crippen LogP contribution in [0.5, 0.6) is 0 Å². The lowest BCUT2D eigenvalue weighted by atomic mass is 10.2. The van der Waals surface area contributed by atoms with Crippen molar-refractivity contribution in [3.8, 4) is 0 Å². The van der Waals surface area contributed by atoms with Crippen molar-refractivity contribution >= 4 is 39.1 Å². The van der Waals surface area contributed by atoms with E-state index < -0.39 is 0 Å². The zero-order valence-electron chi connectivity index (χ0n) is 5.37. The van der Waals surface area contributed by atoms with Gasteiger partial charge in [0.1, 0.15) is 5.82 Å². The molecule has 0 fully saturated rings. The molecule has 4 heteroatoms. The Kier molecular flexibility index (Phi) is 3.16. The molecule has 0 radical (unpaired) electrons. The van der Waals surface area contributed by atoms with Crippen molar-refractivity contribution in [1.29, 1.82) is 0 Å². The summed E-state index contributed by atoms with van der Waals surface area (Å²) in [7, 11) is 0. The third kappa shape index (κ3) is 2.08. The Balaban J connectivity index is 3.25. The highest BCUT2D eigenvalue weighted by Crippen LogP contribution is 2.25. The highest BCUT2D eigenvalue weighted by molar-refractivity contribution is 9.10. The van der Waals surface area contributed by atoms with Crippen molar-refractivity contribution in [2.45, 2.75) is 5.88 Å². The Morgan fingerprint density at radius 2 is 2.09 bits per heavy atom. The Morgan fingerprint density at radius 1 is 1.45 bits per heavy atom. The first kappa shape index (κ1) is 9.30. The first-order valence-corrected chi connectivity index (χ1v) is 4.55. The lowest BCUT2D eigenvalue weighted by Gasteiger charge is -2.01. The number of alkyl halides is 1. The summed E-state index contributed by atoms with van der Waals surface area (Å²) in [6.45, 7) is 0. The summed E-state index contributed by atoms with van der Waals surface area (Å²) >= 11 is 14.2. The third-order valence-corrected chi connectivity index (χ3v) is 2.30. The van der Waals surface area contributed by atoms with Crippen LogP contribution < -0.4 is 0 Å². The first-order chi connectivity index (χ1) is 5.15. The van der Waals surface area contributed by atoms with Crippen LogP contribution in [0.1, 0.15) is 5.56 Å². The van der Waals surface area contributed by atoms with E-state index in [1.807, 2.05) is 0 Å². The van der Waals surface area contributed by atoms with E-state index in [1.54, 1.807) is 6.07 Å². The summed E-state index contributed by atoms with van der Waals surface area (Å²) < 4.78 is 13.5. The lowest BCUT2D eigenvalue weighted by molar-refractivity contribution is 0.616. The molecule has 11 heavy (non-hydrogen) atoms. The van der Waals surface area contributed by atoms with Gasteiger partial charge < -0.3 is 0 Å². The molecule has 0 N–H and O–H groups in total. The van der Waals surface area contributed by atoms with Gasteiger partial charge >= 0.3 is 0 Å². The summed E-state index contributed by atoms with van der Waals surface area (Å²) in [6, 6.07) is 2.95. The molecule has 60 valence electrons. The van der Waals surface area contributed by atoms with Crippen molar-refractivity contribution < 1.29 is 4.39 Å². The fraction of sp³-hybridized carbons (Fsp3) is 0.143. The lowest BCUT2D eigenvalue weighted by Crippen LogP contribution is -1.87. The van der Waals surface area contributed by atoms with E-state index in [2.05, 4.69) is 15.9 Å². The number of hydrogen-bond donors (Lipinski definition) is 0. The average molecular weight is 258 g/mol. The summed E-state index contributed by atoms with van der Waals surface area (Å²) in [5.41, 5.74) is 0.344. The Morgan fingerprint density at radius 3 is 2.55 bits per heavy atom. The molecule has 0 atom stereocenters. The molecule has 0 bridgehead atoms. The number of benzene rings is 1. The molecule has 1 rings (SSSR count). The molecule has 0 saturated heterocycles. The van der Waals surface area contributed by atoms with Crippen molar-refractivity contribution in [3.63, 3.8) is 0 Å². The molecule has 1 aromatic carbocycles. The van der Waals surface area contributed by atoms with Gasteiger partial charge in [0.25, 0.3) is 0 Å². The quantitative estimate of drug-likeness (QED) is 0.668. The highest BCUT2D eigenvalue weighted by atomic mass is 79.9. The fourth-order valence-corrected chi connectivity index (χ4v) is 1.88. The van der Waals surface area contributed by atoms with E-state index in [1.165, 1.54) is 6.07 Å². The van der Waals surface area contributed by atoms with E-state index in [9.17, 15) is 4.39 Å². The molecule has 0 aliphatic carbocycles. The van der Waals surface area contributed by atoms with Gasteiger partial charge in [-0.1, -0.05) is 27.5 Å². The maximum Gasteiger partial charge on any atom is 0.130 e. The largest absolute Gasteiger partial charge is 0.207 e. The molecule has 0 saturated carbocycles. The zero-order valence-corrected chi connectivity index (χ0v) is 8.47. The second-order valence-corrected chi connectivity index (χ2v) is 3.57. The first-order valence-electron chi connectivity index (χ1n) is 2.84. The molecule has 0 nitrogen and oxygen atoms in total. The van der Waals surface area contributed by atoms with Crippen molar-refractivity contribution in [3.05, 3.63) is 33.0 Å². The van der Waals surface area contributed by atoms with Crippen LogP contribution in [-0.2, 0) is 5.88 Å². The van der Waals surface area contributed by atoms with Crippen molar-refractivity contribution in [2.24, 2.45) is 0 Å². The highest BCUT2D eigenvalue weighted by Gasteiger charge is 2.06. The summed E-state index contributed by atoms with van der Waals surface area (Å²) in [6.07, 6.45) is 0. The maximum atomic E-state index is 12.9. The van der Waals surface area contributed by atoms with Crippen LogP contribution in [0.25, 0.3) is 0 Å². The van der Waals surface area contributed by atoms with Crippen LogP contribution in [0.15, 0.2) is 16.6 Å². The van der Waals surface area contributed by atoms with Crippen LogP contribution in [0.4, 0.5) is 4.39 Å². The van der Waals surface area contributed by atoms with E-state index >= 15 is 0 Å². The molecule has 0 aromatic heterocycles. The summed E-state index contributed by atoms with van der Waals surface area (Å²) in [4.78, 5) is 0. The molecule has 0 amide bonds. The number of rotatable bonds is 1. The third-order valence-electron chi connectivity index (χ3n) is 1.24. The van der Waals surface area contributed by atoms with Gasteiger partial charge in [0, 0.05) is 15.1 Å². The fourth-order valence-electron chi connectivity index (χ4n) is 0.700. The Labute approximate surface area is 82.4 Å². The van der Waals surface area contributed by atoms with Gasteiger partial charge in [0.05, 0.1) is 5.88 Å². The SMILES string of the molecule is Fc1cc(Br)cc(Cl)c1CCl. The van der Waals surface area contributed by atoms with Crippen LogP contribution in [-0.4, -0.2) is 0 Å². The van der Waals surface area contributed by atoms with E-state index in [-0.39, 0.29) is 11.7 Å². The predicted octanol–water partition coefficient (Wildman–Crippen LogP) is 3.98. The minimum absolute atomic E-state index is 0.0952. The molecule has 0 spiro atoms. The molecule has 0 aliphatic heterocycles. The number of hydrogen-bond acceptors (Lipinski definition) is 0. The van der Waals surface area contributed by atoms with Gasteiger partial charge in [-0.3, -0.25) is 0 Å². The minimum atomic E-state index is -0.376. The van der Waals surface area contributed by atoms with Crippen LogP contribution in [0, 0.1) is 5.82 Å². The van der Waals surface area contributed by atoms with Gasteiger partial charge in [-0.2, -0.15) is 0 Å². The summed E-state index contributed by atoms with van der Waals surface area (Å²) in [5, 5.41) is 0.354. The van der Waals surface area contributed by atoms with Crippen LogP contribution in [0.3, 0.4) is 0 Å². The van der Waals surface area contributed by atoms with Gasteiger partial charge in [-0.25, -0.2) is 4.39 Å². The molecule has 0 aliphatic rings. The van der Waals surface area contributed by atoms with Crippen molar-refractivity contribution in [1.82, 2.24) is 0 Å². The monoisotopic (exact) mass is 256 g/mol. The molecule has 0 heterocycles. The van der Waals surface area contributed by atoms with Crippen LogP contribution >= 0.6 is 39.1 Å². The Hall–Kier alpha value is 0.210. The molecular formula is C7H4BrCl2F. The maximum absolute atomic E-state index is 12.9. The van der Waals surface area contributed by atoms with E-state index in [0.29, 0.717) is 15.1 Å². The topological polar surface area (TPSA) is 0 Å². The zero-order chi connectivity index (χ0) is 8.43. The van der Waals surface area contributed by atoms with Gasteiger partial charge in [-0.05, 0) is 12.1 Å². The predicted molar refractivity (Wildman–Crippen MR) is 48.7 cm³/mol. The molecule has 1 aromatic rings. The average Bonchev–Trinajstić information content (AvgIpc) is 1.85. The number of halogens is 4. The standard InChI is InChI=1S/C7H4BrCl2F/c8-4-1-6(10)5(3-9)7(11)2-4/h1-2H,3H2. The van der Waals surface area contributed by atoms with E-state index in [4.69, 9.17) is 23.2 Å². The second-order valence-electron chi connectivity index (χ2n) is 1.98. The summed E-state index contributed by atoms with van der Waals surface area (Å²) in [5.74, 6) is -0.280. The van der Waals surface area contributed by atoms with Gasteiger partial charge in [0.15, 0.2) is 0 Å². The normalized spacial score (nSPS) is 10.2. The molecule has 0 unspecified atom stereocenters. The Bertz CT molecular complexity index is 252. The van der Waals surface area contributed by atoms with E-state index in [0.717, 1.165) is 0 Å². The van der Waals surface area contributed by atoms with Gasteiger partial charge in [0.2, 0.25) is 0 Å². The minimum Gasteiger partial charge on any atom is -0.207 e. The van der Waals surface area contributed by atoms with Crippen molar-refractivity contribution in [2.75, 3.05) is 0 Å². The molecular weight excluding hydrogens is 254 g/mol. The van der Waals surface area contributed by atoms with Gasteiger partial charge in [-0.15, -0.1) is 11.6 Å². The second kappa shape index (κ2) is 3.74.